The Hall–Kier alpha value is -1.55. The number of para-hydroxylation sites is 1. The minimum Gasteiger partial charge on any atom is -0.496 e. The average Bonchev–Trinajstić information content (AvgIpc) is 2.44. The molecule has 1 aliphatic carbocycles. The zero-order valence-electron chi connectivity index (χ0n) is 13.3. The maximum Gasteiger partial charge on any atom is 0.221 e. The second-order valence-electron chi connectivity index (χ2n) is 6.16. The molecule has 0 spiro atoms. The van der Waals surface area contributed by atoms with Gasteiger partial charge in [-0.05, 0) is 33.0 Å². The number of methoxy groups -OCH3 is 1. The summed E-state index contributed by atoms with van der Waals surface area (Å²) in [6, 6.07) is 8.17. The number of carbonyl (C=O) groups excluding carboxylic acids is 1. The van der Waals surface area contributed by atoms with Gasteiger partial charge in [0.25, 0.3) is 0 Å². The Morgan fingerprint density at radius 2 is 2.05 bits per heavy atom. The van der Waals surface area contributed by atoms with Gasteiger partial charge in [0, 0.05) is 30.5 Å². The fraction of sp³-hybridized carbons (Fsp3) is 0.588. The smallest absolute Gasteiger partial charge is 0.221 e. The third-order valence-corrected chi connectivity index (χ3v) is 4.40. The summed E-state index contributed by atoms with van der Waals surface area (Å²) in [4.78, 5) is 14.0. The van der Waals surface area contributed by atoms with E-state index >= 15 is 0 Å². The first-order chi connectivity index (χ1) is 10.1. The maximum absolute atomic E-state index is 12.0. The van der Waals surface area contributed by atoms with Gasteiger partial charge in [-0.25, -0.2) is 0 Å². The van der Waals surface area contributed by atoms with Gasteiger partial charge >= 0.3 is 0 Å². The van der Waals surface area contributed by atoms with E-state index in [1.54, 1.807) is 7.11 Å². The summed E-state index contributed by atoms with van der Waals surface area (Å²) in [6.07, 6.45) is 3.99. The summed E-state index contributed by atoms with van der Waals surface area (Å²) in [7, 11) is 5.67. The fourth-order valence-electron chi connectivity index (χ4n) is 2.91. The summed E-state index contributed by atoms with van der Waals surface area (Å²) in [5, 5.41) is 3.11. The number of ether oxygens (including phenoxy) is 1. The van der Waals surface area contributed by atoms with Crippen LogP contribution in [0.3, 0.4) is 0 Å². The molecule has 0 heterocycles. The van der Waals surface area contributed by atoms with E-state index in [0.29, 0.717) is 13.0 Å². The van der Waals surface area contributed by atoms with Crippen molar-refractivity contribution < 1.29 is 9.53 Å². The van der Waals surface area contributed by atoms with Crippen molar-refractivity contribution in [2.45, 2.75) is 31.1 Å². The molecule has 1 fully saturated rings. The molecule has 0 aromatic heterocycles. The molecule has 116 valence electrons. The number of rotatable bonds is 7. The lowest BCUT2D eigenvalue weighted by Crippen LogP contribution is -2.46. The van der Waals surface area contributed by atoms with Crippen LogP contribution >= 0.6 is 0 Å². The number of nitrogens with zero attached hydrogens (tertiary/aromatic N) is 1. The molecule has 1 aromatic rings. The first-order valence-electron chi connectivity index (χ1n) is 7.62. The van der Waals surface area contributed by atoms with Crippen molar-refractivity contribution in [2.75, 3.05) is 34.3 Å². The molecule has 0 atom stereocenters. The van der Waals surface area contributed by atoms with E-state index in [1.807, 2.05) is 37.2 Å². The van der Waals surface area contributed by atoms with Gasteiger partial charge in [0.15, 0.2) is 0 Å². The molecule has 1 aromatic carbocycles. The van der Waals surface area contributed by atoms with Gasteiger partial charge in [-0.1, -0.05) is 24.6 Å². The summed E-state index contributed by atoms with van der Waals surface area (Å²) < 4.78 is 5.49. The highest BCUT2D eigenvalue weighted by Gasteiger charge is 2.40. The monoisotopic (exact) mass is 290 g/mol. The zero-order valence-corrected chi connectivity index (χ0v) is 13.3. The summed E-state index contributed by atoms with van der Waals surface area (Å²) in [5.41, 5.74) is 1.28. The molecule has 0 unspecified atom stereocenters. The van der Waals surface area contributed by atoms with Gasteiger partial charge in [-0.2, -0.15) is 0 Å². The Morgan fingerprint density at radius 1 is 1.33 bits per heavy atom. The van der Waals surface area contributed by atoms with Gasteiger partial charge < -0.3 is 15.0 Å². The molecule has 0 bridgehead atoms. The molecule has 1 saturated carbocycles. The fourth-order valence-corrected chi connectivity index (χ4v) is 2.91. The lowest BCUT2D eigenvalue weighted by atomic mass is 9.64. The molecule has 2 rings (SSSR count). The molecule has 4 heteroatoms. The lowest BCUT2D eigenvalue weighted by molar-refractivity contribution is -0.121. The molecule has 1 N–H and O–H groups in total. The Balaban J connectivity index is 2.00. The highest BCUT2D eigenvalue weighted by atomic mass is 16.5. The second kappa shape index (κ2) is 6.94. The van der Waals surface area contributed by atoms with E-state index in [-0.39, 0.29) is 11.3 Å². The van der Waals surface area contributed by atoms with Crippen LogP contribution < -0.4 is 10.1 Å². The van der Waals surface area contributed by atoms with Crippen LogP contribution in [0.4, 0.5) is 0 Å². The van der Waals surface area contributed by atoms with E-state index in [1.165, 1.54) is 12.0 Å². The van der Waals surface area contributed by atoms with E-state index in [2.05, 4.69) is 11.4 Å². The minimum absolute atomic E-state index is 0.0559. The van der Waals surface area contributed by atoms with Crippen LogP contribution in [0.5, 0.6) is 5.75 Å². The van der Waals surface area contributed by atoms with Crippen molar-refractivity contribution in [2.24, 2.45) is 0 Å². The Kier molecular flexibility index (Phi) is 5.23. The predicted octanol–water partition coefficient (Wildman–Crippen LogP) is 2.18. The number of benzene rings is 1. The van der Waals surface area contributed by atoms with Crippen LogP contribution in [0.1, 0.15) is 31.2 Å². The van der Waals surface area contributed by atoms with Crippen molar-refractivity contribution >= 4 is 5.91 Å². The van der Waals surface area contributed by atoms with E-state index < -0.39 is 0 Å². The topological polar surface area (TPSA) is 41.6 Å². The number of amides is 1. The molecule has 0 aliphatic heterocycles. The normalized spacial score (nSPS) is 16.4. The van der Waals surface area contributed by atoms with E-state index in [4.69, 9.17) is 4.74 Å². The van der Waals surface area contributed by atoms with E-state index in [0.717, 1.165) is 25.1 Å². The molecule has 0 saturated heterocycles. The molecule has 4 nitrogen and oxygen atoms in total. The first-order valence-corrected chi connectivity index (χ1v) is 7.62. The third-order valence-electron chi connectivity index (χ3n) is 4.40. The maximum atomic E-state index is 12.0. The van der Waals surface area contributed by atoms with Crippen molar-refractivity contribution in [1.82, 2.24) is 10.2 Å². The minimum atomic E-state index is 0.0559. The first kappa shape index (κ1) is 15.8. The second-order valence-corrected chi connectivity index (χ2v) is 6.16. The van der Waals surface area contributed by atoms with Gasteiger partial charge in [0.05, 0.1) is 7.11 Å². The predicted molar refractivity (Wildman–Crippen MR) is 84.7 cm³/mol. The molecule has 1 aliphatic rings. The Morgan fingerprint density at radius 3 is 2.62 bits per heavy atom. The summed E-state index contributed by atoms with van der Waals surface area (Å²) in [5.74, 6) is 1.06. The Labute approximate surface area is 127 Å². The standard InChI is InChI=1S/C17H26N2O2/c1-19(2)12-9-16(20)18-13-17(10-6-11-17)14-7-4-5-8-15(14)21-3/h4-5,7-8H,6,9-13H2,1-3H3,(H,18,20). The quantitative estimate of drug-likeness (QED) is 0.837. The van der Waals surface area contributed by atoms with Crippen molar-refractivity contribution in [3.05, 3.63) is 29.8 Å². The van der Waals surface area contributed by atoms with Crippen LogP contribution in [0.15, 0.2) is 24.3 Å². The molecular weight excluding hydrogens is 264 g/mol. The Bertz CT molecular complexity index is 481. The van der Waals surface area contributed by atoms with E-state index in [9.17, 15) is 4.79 Å². The summed E-state index contributed by atoms with van der Waals surface area (Å²) >= 11 is 0. The highest BCUT2D eigenvalue weighted by Crippen LogP contribution is 2.46. The van der Waals surface area contributed by atoms with Crippen LogP contribution in [-0.2, 0) is 10.2 Å². The SMILES string of the molecule is COc1ccccc1C1(CNC(=O)CCN(C)C)CCC1. The molecular formula is C17H26N2O2. The summed E-state index contributed by atoms with van der Waals surface area (Å²) in [6.45, 7) is 1.49. The van der Waals surface area contributed by atoms with Crippen molar-refractivity contribution in [3.63, 3.8) is 0 Å². The number of hydrogen-bond acceptors (Lipinski definition) is 3. The van der Waals surface area contributed by atoms with Crippen LogP contribution in [0.25, 0.3) is 0 Å². The third kappa shape index (κ3) is 3.76. The highest BCUT2D eigenvalue weighted by molar-refractivity contribution is 5.76. The van der Waals surface area contributed by atoms with Gasteiger partial charge in [-0.15, -0.1) is 0 Å². The number of carbonyl (C=O) groups is 1. The van der Waals surface area contributed by atoms with Crippen LogP contribution in [0.2, 0.25) is 0 Å². The zero-order chi connectivity index (χ0) is 15.3. The van der Waals surface area contributed by atoms with Gasteiger partial charge in [0.1, 0.15) is 5.75 Å². The molecule has 0 radical (unpaired) electrons. The number of hydrogen-bond donors (Lipinski definition) is 1. The molecule has 1 amide bonds. The van der Waals surface area contributed by atoms with Crippen LogP contribution in [-0.4, -0.2) is 45.1 Å². The lowest BCUT2D eigenvalue weighted by Gasteiger charge is -2.43. The average molecular weight is 290 g/mol. The van der Waals surface area contributed by atoms with Gasteiger partial charge in [-0.3, -0.25) is 4.79 Å². The number of nitrogens with one attached hydrogen (secondary N) is 1. The molecule has 21 heavy (non-hydrogen) atoms. The van der Waals surface area contributed by atoms with Crippen molar-refractivity contribution in [1.29, 1.82) is 0 Å². The van der Waals surface area contributed by atoms with Crippen LogP contribution in [0, 0.1) is 0 Å². The largest absolute Gasteiger partial charge is 0.496 e. The van der Waals surface area contributed by atoms with Gasteiger partial charge in [0.2, 0.25) is 5.91 Å². The van der Waals surface area contributed by atoms with Crippen molar-refractivity contribution in [3.8, 4) is 5.75 Å².